The number of methoxy groups -OCH3 is 1. The molecule has 1 atom stereocenters. The highest BCUT2D eigenvalue weighted by atomic mass is 127. The van der Waals surface area contributed by atoms with Crippen LogP contribution in [0.1, 0.15) is 46.9 Å². The zero-order valence-electron chi connectivity index (χ0n) is 27.2. The van der Waals surface area contributed by atoms with Gasteiger partial charge in [0.1, 0.15) is 18.1 Å². The number of halogens is 2. The Hall–Kier alpha value is -4.28. The number of hydrogen-bond donors (Lipinski definition) is 1. The molecule has 0 aliphatic carbocycles. The minimum Gasteiger partial charge on any atom is -0.497 e. The summed E-state index contributed by atoms with van der Waals surface area (Å²) in [6.45, 7) is 4.21. The van der Waals surface area contributed by atoms with Crippen LogP contribution in [0.15, 0.2) is 112 Å². The largest absolute Gasteiger partial charge is 0.497 e. The van der Waals surface area contributed by atoms with E-state index in [1.54, 1.807) is 37.7 Å². The maximum Gasteiger partial charge on any atom is 0.338 e. The van der Waals surface area contributed by atoms with Crippen molar-refractivity contribution in [3.05, 3.63) is 151 Å². The molecule has 1 aromatic heterocycles. The molecule has 0 bridgehead atoms. The van der Waals surface area contributed by atoms with Crippen molar-refractivity contribution in [3.63, 3.8) is 0 Å². The number of carbonyl (C=O) groups excluding carboxylic acids is 2. The predicted molar refractivity (Wildman–Crippen MR) is 210 cm³/mol. The van der Waals surface area contributed by atoms with E-state index in [0.717, 1.165) is 29.6 Å². The second kappa shape index (κ2) is 15.7. The molecule has 1 amide bonds. The number of nitrogens with one attached hydrogen (secondary N) is 1. The second-order valence-corrected chi connectivity index (χ2v) is 14.5. The van der Waals surface area contributed by atoms with Gasteiger partial charge >= 0.3 is 5.97 Å². The van der Waals surface area contributed by atoms with E-state index in [1.807, 2.05) is 84.9 Å². The second-order valence-electron chi connectivity index (χ2n) is 11.2. The first-order chi connectivity index (χ1) is 24.2. The molecule has 9 nitrogen and oxygen atoms in total. The molecule has 1 N–H and O–H groups in total. The number of allylic oxidation sites excluding steroid dienone is 1. The molecule has 6 rings (SSSR count). The number of rotatable bonds is 10. The molecule has 254 valence electrons. The van der Waals surface area contributed by atoms with Crippen LogP contribution in [0, 0.1) is 7.14 Å². The van der Waals surface area contributed by atoms with Gasteiger partial charge in [-0.05, 0) is 130 Å². The fourth-order valence-corrected chi connectivity index (χ4v) is 8.69. The number of fused-ring (bicyclic) bond motifs is 1. The molecular weight excluding hydrogens is 880 g/mol. The Bertz CT molecular complexity index is 2280. The van der Waals surface area contributed by atoms with Crippen LogP contribution < -0.4 is 29.7 Å². The molecule has 1 aliphatic heterocycles. The summed E-state index contributed by atoms with van der Waals surface area (Å²) >= 11 is 5.74. The fourth-order valence-electron chi connectivity index (χ4n) is 5.52. The molecular formula is C38H31I2N3O6S. The van der Waals surface area contributed by atoms with Gasteiger partial charge in [0.25, 0.3) is 11.5 Å². The Balaban J connectivity index is 1.33. The average Bonchev–Trinajstić information content (AvgIpc) is 3.41. The number of anilines is 1. The summed E-state index contributed by atoms with van der Waals surface area (Å²) in [4.78, 5) is 45.3. The quantitative estimate of drug-likeness (QED) is 0.122. The minimum absolute atomic E-state index is 0.254. The van der Waals surface area contributed by atoms with Crippen LogP contribution in [0.25, 0.3) is 6.08 Å². The van der Waals surface area contributed by atoms with Gasteiger partial charge in [-0.1, -0.05) is 53.8 Å². The molecule has 2 heterocycles. The Morgan fingerprint density at radius 1 is 0.980 bits per heavy atom. The number of thiazole rings is 1. The lowest BCUT2D eigenvalue weighted by Gasteiger charge is -2.25. The molecule has 0 fully saturated rings. The maximum atomic E-state index is 14.2. The van der Waals surface area contributed by atoms with E-state index in [9.17, 15) is 14.4 Å². The monoisotopic (exact) mass is 911 g/mol. The SMILES string of the molecule is CCOC(=O)c1ccc(COc2c(I)cc(/C=c3\sc4n(c3=O)[C@@H](c3cccc(OC)c3)C(C(=O)Nc3ccccc3)=C(C)N=4)cc2I)cc1. The van der Waals surface area contributed by atoms with Crippen molar-refractivity contribution in [2.75, 3.05) is 19.0 Å². The summed E-state index contributed by atoms with van der Waals surface area (Å²) in [5.74, 6) is 0.644. The molecule has 1 aliphatic rings. The van der Waals surface area contributed by atoms with Crippen molar-refractivity contribution < 1.29 is 23.8 Å². The van der Waals surface area contributed by atoms with E-state index in [-0.39, 0.29) is 17.4 Å². The van der Waals surface area contributed by atoms with Crippen molar-refractivity contribution in [2.45, 2.75) is 26.5 Å². The molecule has 0 spiro atoms. The molecule has 0 unspecified atom stereocenters. The maximum absolute atomic E-state index is 14.2. The van der Waals surface area contributed by atoms with Crippen molar-refractivity contribution in [1.82, 2.24) is 4.57 Å². The van der Waals surface area contributed by atoms with Crippen LogP contribution in [0.2, 0.25) is 0 Å². The third-order valence-corrected chi connectivity index (χ3v) is 10.5. The topological polar surface area (TPSA) is 108 Å². The molecule has 0 saturated carbocycles. The number of benzene rings is 4. The van der Waals surface area contributed by atoms with Gasteiger partial charge in [0, 0.05) is 5.69 Å². The fraction of sp³-hybridized carbons (Fsp3) is 0.158. The van der Waals surface area contributed by atoms with E-state index >= 15 is 0 Å². The number of aromatic nitrogens is 1. The van der Waals surface area contributed by atoms with Gasteiger partial charge in [-0.25, -0.2) is 9.79 Å². The molecule has 0 radical (unpaired) electrons. The van der Waals surface area contributed by atoms with Crippen LogP contribution in [-0.2, 0) is 16.1 Å². The summed E-state index contributed by atoms with van der Waals surface area (Å²) in [7, 11) is 1.58. The number of esters is 1. The lowest BCUT2D eigenvalue weighted by Crippen LogP contribution is -2.40. The van der Waals surface area contributed by atoms with E-state index in [0.29, 0.717) is 50.8 Å². The standard InChI is InChI=1S/C38H31I2N3O6S/c1-4-48-37(46)25-15-13-23(14-16-25)21-49-34-29(39)17-24(18-30(34)40)19-31-36(45)43-33(26-9-8-12-28(20-26)47-3)32(22(2)41-38(43)50-31)35(44)42-27-10-6-5-7-11-27/h5-20,33H,4,21H2,1-3H3,(H,42,44)/b31-19-/t33-/m0/s1. The Morgan fingerprint density at radius 2 is 1.70 bits per heavy atom. The summed E-state index contributed by atoms with van der Waals surface area (Å²) < 4.78 is 20.6. The van der Waals surface area contributed by atoms with Crippen LogP contribution in [0.3, 0.4) is 0 Å². The first-order valence-corrected chi connectivity index (χ1v) is 18.5. The number of para-hydroxylation sites is 1. The lowest BCUT2D eigenvalue weighted by molar-refractivity contribution is -0.113. The highest BCUT2D eigenvalue weighted by Gasteiger charge is 2.33. The van der Waals surface area contributed by atoms with Gasteiger partial charge in [-0.15, -0.1) is 0 Å². The lowest BCUT2D eigenvalue weighted by atomic mass is 9.95. The van der Waals surface area contributed by atoms with E-state index in [2.05, 4.69) is 50.5 Å². The summed E-state index contributed by atoms with van der Waals surface area (Å²) in [6.07, 6.45) is 1.84. The van der Waals surface area contributed by atoms with Gasteiger partial charge in [0.15, 0.2) is 4.80 Å². The van der Waals surface area contributed by atoms with Crippen LogP contribution >= 0.6 is 56.5 Å². The van der Waals surface area contributed by atoms with E-state index < -0.39 is 6.04 Å². The van der Waals surface area contributed by atoms with Gasteiger partial charge < -0.3 is 19.5 Å². The predicted octanol–water partition coefficient (Wildman–Crippen LogP) is 6.85. The number of hydrogen-bond acceptors (Lipinski definition) is 8. The van der Waals surface area contributed by atoms with Gasteiger partial charge in [-0.3, -0.25) is 14.2 Å². The van der Waals surface area contributed by atoms with Crippen LogP contribution in [0.5, 0.6) is 11.5 Å². The van der Waals surface area contributed by atoms with Crippen molar-refractivity contribution >= 4 is 80.2 Å². The van der Waals surface area contributed by atoms with Gasteiger partial charge in [-0.2, -0.15) is 0 Å². The number of ether oxygens (including phenoxy) is 3. The van der Waals surface area contributed by atoms with Crippen molar-refractivity contribution in [3.8, 4) is 11.5 Å². The number of carbonyl (C=O) groups is 2. The molecule has 12 heteroatoms. The smallest absolute Gasteiger partial charge is 0.338 e. The first kappa shape index (κ1) is 35.5. The highest BCUT2D eigenvalue weighted by molar-refractivity contribution is 14.1. The third-order valence-electron chi connectivity index (χ3n) is 7.87. The molecule has 5 aromatic rings. The number of amides is 1. The van der Waals surface area contributed by atoms with Gasteiger partial charge in [0.2, 0.25) is 0 Å². The first-order valence-electron chi connectivity index (χ1n) is 15.6. The minimum atomic E-state index is -0.727. The Labute approximate surface area is 319 Å². The summed E-state index contributed by atoms with van der Waals surface area (Å²) in [5, 5.41) is 2.98. The van der Waals surface area contributed by atoms with Crippen molar-refractivity contribution in [1.29, 1.82) is 0 Å². The zero-order chi connectivity index (χ0) is 35.4. The van der Waals surface area contributed by atoms with Crippen LogP contribution in [-0.4, -0.2) is 30.2 Å². The Kier molecular flexibility index (Phi) is 11.2. The highest BCUT2D eigenvalue weighted by Crippen LogP contribution is 2.33. The third kappa shape index (κ3) is 7.71. The Morgan fingerprint density at radius 3 is 2.38 bits per heavy atom. The average molecular weight is 912 g/mol. The van der Waals surface area contributed by atoms with Crippen molar-refractivity contribution in [2.24, 2.45) is 4.99 Å². The summed E-state index contributed by atoms with van der Waals surface area (Å²) in [6, 6.07) is 26.9. The molecule has 4 aromatic carbocycles. The van der Waals surface area contributed by atoms with E-state index in [4.69, 9.17) is 19.2 Å². The molecule has 50 heavy (non-hydrogen) atoms. The summed E-state index contributed by atoms with van der Waals surface area (Å²) in [5.41, 5.74) is 4.25. The number of nitrogens with zero attached hydrogens (tertiary/aromatic N) is 2. The molecule has 0 saturated heterocycles. The zero-order valence-corrected chi connectivity index (χ0v) is 32.4. The van der Waals surface area contributed by atoms with E-state index in [1.165, 1.54) is 11.3 Å². The van der Waals surface area contributed by atoms with Crippen LogP contribution in [0.4, 0.5) is 5.69 Å². The normalized spacial score (nSPS) is 14.1. The van der Waals surface area contributed by atoms with Gasteiger partial charge in [0.05, 0.1) is 48.3 Å².